The van der Waals surface area contributed by atoms with Crippen molar-refractivity contribution in [3.63, 3.8) is 0 Å². The van der Waals surface area contributed by atoms with Crippen molar-refractivity contribution in [1.29, 1.82) is 0 Å². The smallest absolute Gasteiger partial charge is 0.376 e. The van der Waals surface area contributed by atoms with E-state index in [9.17, 15) is 9.59 Å². The Morgan fingerprint density at radius 1 is 1.38 bits per heavy atom. The van der Waals surface area contributed by atoms with E-state index in [0.29, 0.717) is 5.92 Å². The molecule has 0 heterocycles. The van der Waals surface area contributed by atoms with Crippen molar-refractivity contribution in [3.05, 3.63) is 0 Å². The number of carbonyl (C=O) groups excluding carboxylic acids is 2. The van der Waals surface area contributed by atoms with Crippen LogP contribution in [-0.2, 0) is 9.53 Å². The van der Waals surface area contributed by atoms with Gasteiger partial charge in [0.05, 0.1) is 28.8 Å². The molecule has 1 amide bonds. The third-order valence-corrected chi connectivity index (χ3v) is 1.94. The first-order valence-corrected chi connectivity index (χ1v) is 5.17. The number of rotatable bonds is 3. The summed E-state index contributed by atoms with van der Waals surface area (Å²) in [5, 5.41) is 0. The average molecular weight is 299 g/mol. The van der Waals surface area contributed by atoms with E-state index in [4.69, 9.17) is 0 Å². The van der Waals surface area contributed by atoms with Crippen LogP contribution < -0.4 is 3.53 Å². The number of nitrogens with one attached hydrogen (secondary N) is 1. The molecule has 0 radical (unpaired) electrons. The lowest BCUT2D eigenvalue weighted by Gasteiger charge is -2.11. The van der Waals surface area contributed by atoms with Crippen molar-refractivity contribution in [3.8, 4) is 0 Å². The number of hydrogen-bond acceptors (Lipinski definition) is 3. The zero-order valence-corrected chi connectivity index (χ0v) is 10.1. The van der Waals surface area contributed by atoms with Crippen LogP contribution in [0.15, 0.2) is 0 Å². The fourth-order valence-electron chi connectivity index (χ4n) is 1.01. The number of hydrogen-bond donors (Lipinski definition) is 1. The highest BCUT2D eigenvalue weighted by Crippen LogP contribution is 2.12. The molecule has 0 aromatic rings. The molecule has 0 aromatic heterocycles. The Morgan fingerprint density at radius 2 is 1.92 bits per heavy atom. The molecular weight excluding hydrogens is 285 g/mol. The molecule has 4 nitrogen and oxygen atoms in total. The second-order valence-electron chi connectivity index (χ2n) is 3.33. The van der Waals surface area contributed by atoms with Crippen molar-refractivity contribution >= 4 is 34.9 Å². The van der Waals surface area contributed by atoms with Gasteiger partial charge in [-0.3, -0.25) is 8.32 Å². The Kier molecular flexibility index (Phi) is 6.02. The molecule has 0 spiro atoms. The van der Waals surface area contributed by atoms with Crippen LogP contribution in [0.4, 0.5) is 4.79 Å². The summed E-state index contributed by atoms with van der Waals surface area (Å²) in [6.45, 7) is 5.78. The molecule has 0 aliphatic heterocycles. The maximum Gasteiger partial charge on any atom is 0.423 e. The summed E-state index contributed by atoms with van der Waals surface area (Å²) < 4.78 is 6.66. The van der Waals surface area contributed by atoms with Crippen molar-refractivity contribution in [2.75, 3.05) is 0 Å². The van der Waals surface area contributed by atoms with Gasteiger partial charge in [0.1, 0.15) is 0 Å². The van der Waals surface area contributed by atoms with Crippen LogP contribution >= 0.6 is 22.9 Å². The quantitative estimate of drug-likeness (QED) is 0.376. The van der Waals surface area contributed by atoms with Crippen LogP contribution in [0.1, 0.15) is 27.2 Å². The van der Waals surface area contributed by atoms with E-state index in [2.05, 4.69) is 8.27 Å². The van der Waals surface area contributed by atoms with E-state index in [-0.39, 0.29) is 5.92 Å². The fraction of sp³-hybridized carbons (Fsp3) is 0.750. The molecule has 0 saturated carbocycles. The van der Waals surface area contributed by atoms with Gasteiger partial charge in [0.25, 0.3) is 0 Å². The first kappa shape index (κ1) is 12.7. The Morgan fingerprint density at radius 3 is 2.31 bits per heavy atom. The third kappa shape index (κ3) is 5.84. The van der Waals surface area contributed by atoms with Gasteiger partial charge in [-0.2, -0.15) is 0 Å². The van der Waals surface area contributed by atoms with E-state index in [1.54, 1.807) is 29.8 Å². The largest absolute Gasteiger partial charge is 0.423 e. The molecule has 0 fully saturated rings. The fourth-order valence-corrected chi connectivity index (χ4v) is 1.12. The first-order chi connectivity index (χ1) is 5.97. The minimum Gasteiger partial charge on any atom is -0.376 e. The van der Waals surface area contributed by atoms with Gasteiger partial charge in [-0.25, -0.2) is 4.79 Å². The minimum atomic E-state index is -0.707. The van der Waals surface area contributed by atoms with Crippen LogP contribution in [0, 0.1) is 11.8 Å². The van der Waals surface area contributed by atoms with E-state index >= 15 is 0 Å². The van der Waals surface area contributed by atoms with Crippen LogP contribution in [0.2, 0.25) is 0 Å². The predicted molar refractivity (Wildman–Crippen MR) is 57.3 cm³/mol. The Bertz CT molecular complexity index is 194. The molecule has 1 atom stereocenters. The second-order valence-corrected chi connectivity index (χ2v) is 3.87. The normalized spacial score (nSPS) is 12.4. The highest BCUT2D eigenvalue weighted by molar-refractivity contribution is 14.1. The van der Waals surface area contributed by atoms with Crippen LogP contribution in [0.3, 0.4) is 0 Å². The van der Waals surface area contributed by atoms with E-state index in [1.165, 1.54) is 0 Å². The minimum absolute atomic E-state index is 0.228. The standard InChI is InChI=1S/C8H14INO3/c1-5(2)4-6(3)7(11)13-8(12)10-9/h5-6H,4H2,1-3H3,(H,10,12). The highest BCUT2D eigenvalue weighted by atomic mass is 127. The summed E-state index contributed by atoms with van der Waals surface area (Å²) in [7, 11) is 0. The molecule has 0 aromatic carbocycles. The predicted octanol–water partition coefficient (Wildman–Crippen LogP) is 2.27. The summed E-state index contributed by atoms with van der Waals surface area (Å²) in [5.74, 6) is -0.276. The molecule has 5 heteroatoms. The lowest BCUT2D eigenvalue weighted by Crippen LogP contribution is -2.24. The average Bonchev–Trinajstić information content (AvgIpc) is 2.02. The lowest BCUT2D eigenvalue weighted by molar-refractivity contribution is -0.141. The van der Waals surface area contributed by atoms with Crippen LogP contribution in [-0.4, -0.2) is 12.1 Å². The van der Waals surface area contributed by atoms with E-state index < -0.39 is 12.1 Å². The van der Waals surface area contributed by atoms with E-state index in [0.717, 1.165) is 6.42 Å². The maximum atomic E-state index is 11.2. The Hall–Kier alpha value is -0.330. The van der Waals surface area contributed by atoms with Gasteiger partial charge >= 0.3 is 12.1 Å². The molecule has 0 aliphatic rings. The zero-order valence-electron chi connectivity index (χ0n) is 7.96. The molecule has 0 saturated heterocycles. The maximum absolute atomic E-state index is 11.2. The van der Waals surface area contributed by atoms with Crippen molar-refractivity contribution in [2.24, 2.45) is 11.8 Å². The monoisotopic (exact) mass is 299 g/mol. The summed E-state index contributed by atoms with van der Waals surface area (Å²) >= 11 is 1.62. The summed E-state index contributed by atoms with van der Waals surface area (Å²) in [4.78, 5) is 21.8. The topological polar surface area (TPSA) is 55.4 Å². The van der Waals surface area contributed by atoms with Crippen molar-refractivity contribution < 1.29 is 14.3 Å². The molecule has 13 heavy (non-hydrogen) atoms. The van der Waals surface area contributed by atoms with Gasteiger partial charge in [-0.05, 0) is 12.3 Å². The third-order valence-electron chi connectivity index (χ3n) is 1.50. The van der Waals surface area contributed by atoms with Gasteiger partial charge in [-0.15, -0.1) is 0 Å². The van der Waals surface area contributed by atoms with Gasteiger partial charge in [-0.1, -0.05) is 20.8 Å². The summed E-state index contributed by atoms with van der Waals surface area (Å²) in [5.41, 5.74) is 0. The molecular formula is C8H14INO3. The summed E-state index contributed by atoms with van der Waals surface area (Å²) in [6, 6.07) is 0. The second kappa shape index (κ2) is 6.17. The van der Waals surface area contributed by atoms with E-state index in [1.807, 2.05) is 13.8 Å². The molecule has 0 aliphatic carbocycles. The number of halogens is 1. The van der Waals surface area contributed by atoms with Crippen LogP contribution in [0.5, 0.6) is 0 Å². The molecule has 0 bridgehead atoms. The SMILES string of the molecule is CC(C)CC(C)C(=O)OC(=O)NI. The zero-order chi connectivity index (χ0) is 10.4. The van der Waals surface area contributed by atoms with Gasteiger partial charge in [0.2, 0.25) is 0 Å². The van der Waals surface area contributed by atoms with Crippen LogP contribution in [0.25, 0.3) is 0 Å². The summed E-state index contributed by atoms with van der Waals surface area (Å²) in [6.07, 6.45) is 0.0223. The molecule has 1 N–H and O–H groups in total. The number of amides is 1. The number of carbonyl (C=O) groups is 2. The van der Waals surface area contributed by atoms with Crippen molar-refractivity contribution in [1.82, 2.24) is 3.53 Å². The van der Waals surface area contributed by atoms with Gasteiger partial charge < -0.3 is 4.74 Å². The first-order valence-electron chi connectivity index (χ1n) is 4.09. The van der Waals surface area contributed by atoms with Gasteiger partial charge in [0, 0.05) is 0 Å². The Balaban J connectivity index is 3.89. The molecule has 0 rings (SSSR count). The molecule has 76 valence electrons. The lowest BCUT2D eigenvalue weighted by atomic mass is 9.99. The highest BCUT2D eigenvalue weighted by Gasteiger charge is 2.18. The van der Waals surface area contributed by atoms with Gasteiger partial charge in [0.15, 0.2) is 0 Å². The number of esters is 1. The Labute approximate surface area is 91.9 Å². The van der Waals surface area contributed by atoms with Crippen molar-refractivity contribution in [2.45, 2.75) is 27.2 Å². The number of ether oxygens (including phenoxy) is 1. The molecule has 1 unspecified atom stereocenters.